The van der Waals surface area contributed by atoms with E-state index >= 15 is 0 Å². The molecule has 1 aliphatic heterocycles. The summed E-state index contributed by atoms with van der Waals surface area (Å²) in [5, 5.41) is 3.05. The van der Waals surface area contributed by atoms with Crippen LogP contribution in [0.2, 0.25) is 0 Å². The second-order valence-electron chi connectivity index (χ2n) is 7.82. The van der Waals surface area contributed by atoms with Crippen LogP contribution in [0.4, 0.5) is 6.01 Å². The molecule has 158 valence electrons. The van der Waals surface area contributed by atoms with Crippen molar-refractivity contribution in [2.45, 2.75) is 13.5 Å². The largest absolute Gasteiger partial charge is 0.423 e. The molecule has 3 heterocycles. The summed E-state index contributed by atoms with van der Waals surface area (Å²) in [5.74, 6) is -0.418. The average molecular weight is 434 g/mol. The Morgan fingerprint density at radius 3 is 2.61 bits per heavy atom. The van der Waals surface area contributed by atoms with Gasteiger partial charge in [0.15, 0.2) is 5.58 Å². The average Bonchev–Trinajstić information content (AvgIpc) is 3.41. The summed E-state index contributed by atoms with van der Waals surface area (Å²) in [7, 11) is 0. The molecular weight excluding hydrogens is 410 g/mol. The molecular formula is C23H23N5O2S. The molecule has 7 nitrogen and oxygen atoms in total. The Kier molecular flexibility index (Phi) is 5.17. The van der Waals surface area contributed by atoms with Gasteiger partial charge in [-0.2, -0.15) is 4.98 Å². The van der Waals surface area contributed by atoms with Crippen molar-refractivity contribution in [3.63, 3.8) is 0 Å². The molecule has 2 aromatic heterocycles. The Morgan fingerprint density at radius 2 is 1.87 bits per heavy atom. The summed E-state index contributed by atoms with van der Waals surface area (Å²) in [6, 6.07) is 14.1. The van der Waals surface area contributed by atoms with Gasteiger partial charge in [0.05, 0.1) is 5.69 Å². The van der Waals surface area contributed by atoms with Crippen molar-refractivity contribution >= 4 is 34.4 Å². The summed E-state index contributed by atoms with van der Waals surface area (Å²) in [6.45, 7) is 6.48. The molecule has 31 heavy (non-hydrogen) atoms. The van der Waals surface area contributed by atoms with Crippen molar-refractivity contribution in [1.29, 1.82) is 0 Å². The number of primary amides is 1. The minimum Gasteiger partial charge on any atom is -0.423 e. The zero-order valence-electron chi connectivity index (χ0n) is 17.2. The molecule has 0 radical (unpaired) electrons. The number of fused-ring (bicyclic) bond motifs is 1. The third-order valence-electron chi connectivity index (χ3n) is 5.53. The molecule has 0 spiro atoms. The lowest BCUT2D eigenvalue weighted by Gasteiger charge is -2.33. The van der Waals surface area contributed by atoms with Crippen LogP contribution in [-0.4, -0.2) is 47.0 Å². The smallest absolute Gasteiger partial charge is 0.298 e. The minimum atomic E-state index is -0.418. The predicted molar refractivity (Wildman–Crippen MR) is 122 cm³/mol. The number of piperazine rings is 1. The Hall–Kier alpha value is -3.23. The molecule has 0 saturated carbocycles. The first kappa shape index (κ1) is 19.7. The Bertz CT molecular complexity index is 1220. The molecule has 1 amide bonds. The SMILES string of the molecule is Cc1ccc2oc(N3CCN(Cc4csc(-c5ccc(C(N)=O)cc5)n4)CC3)nc2c1. The number of benzene rings is 2. The highest BCUT2D eigenvalue weighted by molar-refractivity contribution is 7.13. The second kappa shape index (κ2) is 8.13. The van der Waals surface area contributed by atoms with E-state index in [-0.39, 0.29) is 0 Å². The van der Waals surface area contributed by atoms with E-state index in [1.165, 1.54) is 5.56 Å². The van der Waals surface area contributed by atoms with Gasteiger partial charge < -0.3 is 15.1 Å². The van der Waals surface area contributed by atoms with Gasteiger partial charge in [0.25, 0.3) is 6.01 Å². The first-order valence-electron chi connectivity index (χ1n) is 10.2. The molecule has 1 fully saturated rings. The maximum Gasteiger partial charge on any atom is 0.298 e. The number of carbonyl (C=O) groups is 1. The number of aryl methyl sites for hydroxylation is 1. The number of rotatable bonds is 5. The number of amides is 1. The first-order valence-corrected chi connectivity index (χ1v) is 11.1. The van der Waals surface area contributed by atoms with E-state index in [2.05, 4.69) is 33.2 Å². The van der Waals surface area contributed by atoms with Crippen LogP contribution < -0.4 is 10.6 Å². The number of thiazole rings is 1. The van der Waals surface area contributed by atoms with Crippen LogP contribution in [0.25, 0.3) is 21.7 Å². The quantitative estimate of drug-likeness (QED) is 0.517. The standard InChI is InChI=1S/C23H23N5O2S/c1-15-2-7-20-19(12-15)26-23(30-20)28-10-8-27(9-11-28)13-18-14-31-22(25-18)17-5-3-16(4-6-17)21(24)29/h2-7,12,14H,8-11,13H2,1H3,(H2,24,29). The highest BCUT2D eigenvalue weighted by Crippen LogP contribution is 2.26. The minimum absolute atomic E-state index is 0.418. The van der Waals surface area contributed by atoms with Crippen molar-refractivity contribution in [1.82, 2.24) is 14.9 Å². The van der Waals surface area contributed by atoms with Crippen molar-refractivity contribution in [2.24, 2.45) is 5.73 Å². The van der Waals surface area contributed by atoms with Crippen molar-refractivity contribution in [2.75, 3.05) is 31.1 Å². The monoisotopic (exact) mass is 433 g/mol. The van der Waals surface area contributed by atoms with Gasteiger partial charge in [-0.05, 0) is 36.8 Å². The first-order chi connectivity index (χ1) is 15.0. The van der Waals surface area contributed by atoms with E-state index in [0.717, 1.165) is 60.1 Å². The van der Waals surface area contributed by atoms with Crippen LogP contribution in [0, 0.1) is 6.92 Å². The van der Waals surface area contributed by atoms with Gasteiger partial charge in [0.2, 0.25) is 5.91 Å². The molecule has 1 saturated heterocycles. The Morgan fingerprint density at radius 1 is 1.10 bits per heavy atom. The highest BCUT2D eigenvalue weighted by Gasteiger charge is 2.22. The Balaban J connectivity index is 1.20. The fraction of sp³-hybridized carbons (Fsp3) is 0.261. The molecule has 4 aromatic rings. The van der Waals surface area contributed by atoms with Crippen molar-refractivity contribution in [3.8, 4) is 10.6 Å². The molecule has 5 rings (SSSR count). The van der Waals surface area contributed by atoms with Gasteiger partial charge in [-0.1, -0.05) is 18.2 Å². The van der Waals surface area contributed by atoms with Gasteiger partial charge in [-0.3, -0.25) is 9.69 Å². The van der Waals surface area contributed by atoms with Gasteiger partial charge in [-0.25, -0.2) is 4.98 Å². The van der Waals surface area contributed by atoms with Gasteiger partial charge in [0.1, 0.15) is 10.5 Å². The number of anilines is 1. The zero-order valence-corrected chi connectivity index (χ0v) is 18.1. The van der Waals surface area contributed by atoms with Crippen LogP contribution in [0.15, 0.2) is 52.3 Å². The van der Waals surface area contributed by atoms with Crippen LogP contribution in [0.3, 0.4) is 0 Å². The fourth-order valence-electron chi connectivity index (χ4n) is 3.78. The lowest BCUT2D eigenvalue weighted by atomic mass is 10.1. The summed E-state index contributed by atoms with van der Waals surface area (Å²) in [6.07, 6.45) is 0. The fourth-order valence-corrected chi connectivity index (χ4v) is 4.59. The summed E-state index contributed by atoms with van der Waals surface area (Å²) in [5.41, 5.74) is 10.8. The molecule has 0 aliphatic carbocycles. The van der Waals surface area contributed by atoms with E-state index in [0.29, 0.717) is 11.6 Å². The van der Waals surface area contributed by atoms with Crippen molar-refractivity contribution in [3.05, 3.63) is 64.7 Å². The molecule has 0 atom stereocenters. The van der Waals surface area contributed by atoms with E-state index in [4.69, 9.17) is 15.1 Å². The summed E-state index contributed by atoms with van der Waals surface area (Å²) < 4.78 is 5.95. The van der Waals surface area contributed by atoms with E-state index in [1.54, 1.807) is 23.5 Å². The van der Waals surface area contributed by atoms with E-state index < -0.39 is 5.91 Å². The molecule has 2 N–H and O–H groups in total. The predicted octanol–water partition coefficient (Wildman–Crippen LogP) is 3.68. The molecule has 2 aromatic carbocycles. The Labute approximate surface area is 184 Å². The summed E-state index contributed by atoms with van der Waals surface area (Å²) in [4.78, 5) is 25.3. The van der Waals surface area contributed by atoms with E-state index in [9.17, 15) is 4.79 Å². The zero-order chi connectivity index (χ0) is 21.4. The number of hydrogen-bond donors (Lipinski definition) is 1. The molecule has 1 aliphatic rings. The topological polar surface area (TPSA) is 88.5 Å². The maximum atomic E-state index is 11.2. The van der Waals surface area contributed by atoms with E-state index in [1.807, 2.05) is 24.3 Å². The second-order valence-corrected chi connectivity index (χ2v) is 8.67. The number of nitrogens with zero attached hydrogens (tertiary/aromatic N) is 4. The van der Waals surface area contributed by atoms with Crippen molar-refractivity contribution < 1.29 is 9.21 Å². The highest BCUT2D eigenvalue weighted by atomic mass is 32.1. The molecule has 0 bridgehead atoms. The lowest BCUT2D eigenvalue weighted by molar-refractivity contribution is 0.100. The lowest BCUT2D eigenvalue weighted by Crippen LogP contribution is -2.46. The third kappa shape index (κ3) is 4.17. The number of nitrogens with two attached hydrogens (primary N) is 1. The van der Waals surface area contributed by atoms with Crippen LogP contribution >= 0.6 is 11.3 Å². The summed E-state index contributed by atoms with van der Waals surface area (Å²) >= 11 is 1.62. The number of oxazole rings is 1. The van der Waals surface area contributed by atoms with Gasteiger partial charge in [-0.15, -0.1) is 11.3 Å². The van der Waals surface area contributed by atoms with Gasteiger partial charge in [0, 0.05) is 49.2 Å². The third-order valence-corrected chi connectivity index (χ3v) is 6.47. The van der Waals surface area contributed by atoms with Gasteiger partial charge >= 0.3 is 0 Å². The number of aromatic nitrogens is 2. The maximum absolute atomic E-state index is 11.2. The molecule has 8 heteroatoms. The normalized spacial score (nSPS) is 14.9. The number of carbonyl (C=O) groups excluding carboxylic acids is 1. The van der Waals surface area contributed by atoms with Crippen LogP contribution in [-0.2, 0) is 6.54 Å². The van der Waals surface area contributed by atoms with Crippen LogP contribution in [0.1, 0.15) is 21.6 Å². The number of hydrogen-bond acceptors (Lipinski definition) is 7. The molecule has 0 unspecified atom stereocenters. The van der Waals surface area contributed by atoms with Crippen LogP contribution in [0.5, 0.6) is 0 Å².